The van der Waals surface area contributed by atoms with Gasteiger partial charge in [0.05, 0.1) is 11.7 Å². The van der Waals surface area contributed by atoms with Crippen molar-refractivity contribution in [3.8, 4) is 0 Å². The van der Waals surface area contributed by atoms with Crippen LogP contribution in [-0.4, -0.2) is 11.9 Å². The van der Waals surface area contributed by atoms with Gasteiger partial charge in [-0.05, 0) is 67.1 Å². The molecule has 0 aliphatic rings. The lowest BCUT2D eigenvalue weighted by atomic mass is 10.1. The zero-order valence-electron chi connectivity index (χ0n) is 16.0. The van der Waals surface area contributed by atoms with Gasteiger partial charge in [-0.3, -0.25) is 4.79 Å². The molecular weight excluding hydrogens is 425 g/mol. The normalized spacial score (nSPS) is 11.5. The molecule has 2 N–H and O–H groups in total. The first-order valence-corrected chi connectivity index (χ1v) is 9.83. The lowest BCUT2D eigenvalue weighted by Crippen LogP contribution is -2.35. The minimum atomic E-state index is -0.439. The van der Waals surface area contributed by atoms with E-state index in [0.717, 1.165) is 9.87 Å². The van der Waals surface area contributed by atoms with Gasteiger partial charge in [0.2, 0.25) is 0 Å². The van der Waals surface area contributed by atoms with Crippen molar-refractivity contribution in [1.82, 2.24) is 5.32 Å². The van der Waals surface area contributed by atoms with Gasteiger partial charge in [0, 0.05) is 16.3 Å². The summed E-state index contributed by atoms with van der Waals surface area (Å²) in [7, 11) is 0. The van der Waals surface area contributed by atoms with E-state index in [1.807, 2.05) is 0 Å². The number of amides is 3. The van der Waals surface area contributed by atoms with Gasteiger partial charge in [-0.1, -0.05) is 42.6 Å². The lowest BCUT2D eigenvalue weighted by molar-refractivity contribution is 0.102. The van der Waals surface area contributed by atoms with Crippen LogP contribution in [0.1, 0.15) is 28.9 Å². The van der Waals surface area contributed by atoms with Crippen molar-refractivity contribution in [3.63, 3.8) is 0 Å². The molecule has 154 valence electrons. The van der Waals surface area contributed by atoms with Gasteiger partial charge in [-0.2, -0.15) is 0 Å². The van der Waals surface area contributed by atoms with Crippen molar-refractivity contribution in [2.24, 2.45) is 0 Å². The quantitative estimate of drug-likeness (QED) is 0.433. The Balaban J connectivity index is 1.61. The first-order valence-electron chi connectivity index (χ1n) is 9.05. The van der Waals surface area contributed by atoms with E-state index in [-0.39, 0.29) is 17.8 Å². The number of benzene rings is 3. The fourth-order valence-corrected chi connectivity index (χ4v) is 3.10. The SMILES string of the molecule is CC(NC(=O)N(S)c1ccc(NC(=O)c2cccc(Cl)c2)cc1)c1ccc(F)cc1. The number of urea groups is 1. The molecule has 0 aromatic heterocycles. The van der Waals surface area contributed by atoms with E-state index in [1.165, 1.54) is 12.1 Å². The maximum atomic E-state index is 13.0. The van der Waals surface area contributed by atoms with Crippen molar-refractivity contribution < 1.29 is 14.0 Å². The fourth-order valence-electron chi connectivity index (χ4n) is 2.72. The Morgan fingerprint density at radius 1 is 1.03 bits per heavy atom. The van der Waals surface area contributed by atoms with E-state index in [9.17, 15) is 14.0 Å². The van der Waals surface area contributed by atoms with Crippen LogP contribution < -0.4 is 14.9 Å². The van der Waals surface area contributed by atoms with Crippen molar-refractivity contribution >= 4 is 47.7 Å². The lowest BCUT2D eigenvalue weighted by Gasteiger charge is -2.21. The van der Waals surface area contributed by atoms with Crippen LogP contribution in [0.5, 0.6) is 0 Å². The highest BCUT2D eigenvalue weighted by molar-refractivity contribution is 7.82. The van der Waals surface area contributed by atoms with E-state index in [1.54, 1.807) is 67.6 Å². The molecule has 0 aliphatic carbocycles. The molecule has 0 bridgehead atoms. The molecule has 0 spiro atoms. The third kappa shape index (κ3) is 5.52. The molecule has 1 unspecified atom stereocenters. The number of halogens is 2. The van der Waals surface area contributed by atoms with Crippen LogP contribution in [-0.2, 0) is 0 Å². The minimum absolute atomic E-state index is 0.293. The molecule has 0 fully saturated rings. The number of anilines is 2. The van der Waals surface area contributed by atoms with Gasteiger partial charge in [0.1, 0.15) is 5.82 Å². The Labute approximate surface area is 184 Å². The summed E-state index contributed by atoms with van der Waals surface area (Å²) in [4.78, 5) is 24.7. The molecule has 30 heavy (non-hydrogen) atoms. The Hall–Kier alpha value is -3.03. The van der Waals surface area contributed by atoms with E-state index in [0.29, 0.717) is 22.0 Å². The zero-order valence-corrected chi connectivity index (χ0v) is 17.6. The summed E-state index contributed by atoms with van der Waals surface area (Å²) >= 11 is 10.2. The van der Waals surface area contributed by atoms with Gasteiger partial charge >= 0.3 is 6.03 Å². The maximum Gasteiger partial charge on any atom is 0.332 e. The molecule has 3 aromatic carbocycles. The molecule has 3 rings (SSSR count). The predicted molar refractivity (Wildman–Crippen MR) is 121 cm³/mol. The molecule has 5 nitrogen and oxygen atoms in total. The molecular formula is C22H19ClFN3O2S. The van der Waals surface area contributed by atoms with Gasteiger partial charge in [0.25, 0.3) is 5.91 Å². The molecule has 1 atom stereocenters. The second kappa shape index (κ2) is 9.65. The van der Waals surface area contributed by atoms with Crippen molar-refractivity contribution in [1.29, 1.82) is 0 Å². The standard InChI is InChI=1S/C22H19ClFN3O2S/c1-14(15-5-7-18(24)8-6-15)25-22(29)27(30)20-11-9-19(10-12-20)26-21(28)16-3-2-4-17(23)13-16/h2-14,30H,1H3,(H,25,29)(H,26,28). The molecule has 0 saturated carbocycles. The minimum Gasteiger partial charge on any atom is -0.330 e. The van der Waals surface area contributed by atoms with Gasteiger partial charge in [-0.15, -0.1) is 0 Å². The molecule has 3 aromatic rings. The highest BCUT2D eigenvalue weighted by Gasteiger charge is 2.16. The third-order valence-electron chi connectivity index (χ3n) is 4.36. The Morgan fingerprint density at radius 3 is 2.33 bits per heavy atom. The number of carbonyl (C=O) groups is 2. The van der Waals surface area contributed by atoms with E-state index in [4.69, 9.17) is 11.6 Å². The van der Waals surface area contributed by atoms with E-state index in [2.05, 4.69) is 23.4 Å². The van der Waals surface area contributed by atoms with Crippen molar-refractivity contribution in [3.05, 3.63) is 94.8 Å². The number of carbonyl (C=O) groups excluding carboxylic acids is 2. The van der Waals surface area contributed by atoms with Crippen molar-refractivity contribution in [2.75, 3.05) is 9.62 Å². The van der Waals surface area contributed by atoms with Crippen LogP contribution in [0.25, 0.3) is 0 Å². The first-order chi connectivity index (χ1) is 14.3. The van der Waals surface area contributed by atoms with Crippen LogP contribution in [0.2, 0.25) is 5.02 Å². The molecule has 8 heteroatoms. The van der Waals surface area contributed by atoms with Crippen LogP contribution in [0.15, 0.2) is 72.8 Å². The average molecular weight is 444 g/mol. The summed E-state index contributed by atoms with van der Waals surface area (Å²) in [6, 6.07) is 18.4. The van der Waals surface area contributed by atoms with Gasteiger partial charge in [-0.25, -0.2) is 13.5 Å². The molecule has 0 radical (unpaired) electrons. The number of rotatable bonds is 5. The van der Waals surface area contributed by atoms with Crippen LogP contribution in [0.3, 0.4) is 0 Å². The van der Waals surface area contributed by atoms with E-state index < -0.39 is 6.03 Å². The third-order valence-corrected chi connectivity index (χ3v) is 5.01. The summed E-state index contributed by atoms with van der Waals surface area (Å²) < 4.78 is 14.2. The number of hydrogen-bond acceptors (Lipinski definition) is 3. The molecule has 0 heterocycles. The van der Waals surface area contributed by atoms with Crippen molar-refractivity contribution in [2.45, 2.75) is 13.0 Å². The highest BCUT2D eigenvalue weighted by atomic mass is 35.5. The smallest absolute Gasteiger partial charge is 0.330 e. The van der Waals surface area contributed by atoms with Crippen LogP contribution >= 0.6 is 24.4 Å². The Kier molecular flexibility index (Phi) is 6.97. The molecule has 0 saturated heterocycles. The van der Waals surface area contributed by atoms with Gasteiger partial charge in [0.15, 0.2) is 0 Å². The fraction of sp³-hybridized carbons (Fsp3) is 0.0909. The predicted octanol–water partition coefficient (Wildman–Crippen LogP) is 5.85. The summed E-state index contributed by atoms with van der Waals surface area (Å²) in [5.74, 6) is -0.630. The van der Waals surface area contributed by atoms with E-state index >= 15 is 0 Å². The van der Waals surface area contributed by atoms with Crippen LogP contribution in [0.4, 0.5) is 20.6 Å². The summed E-state index contributed by atoms with van der Waals surface area (Å²) in [5.41, 5.74) is 2.29. The zero-order chi connectivity index (χ0) is 21.7. The van der Waals surface area contributed by atoms with Crippen LogP contribution in [0, 0.1) is 5.82 Å². The Morgan fingerprint density at radius 2 is 1.70 bits per heavy atom. The summed E-state index contributed by atoms with van der Waals surface area (Å²) in [6.45, 7) is 1.79. The monoisotopic (exact) mass is 443 g/mol. The largest absolute Gasteiger partial charge is 0.332 e. The topological polar surface area (TPSA) is 61.4 Å². The number of thiol groups is 1. The maximum absolute atomic E-state index is 13.0. The second-order valence-electron chi connectivity index (χ2n) is 6.55. The Bertz CT molecular complexity index is 1050. The second-order valence-corrected chi connectivity index (χ2v) is 7.38. The van der Waals surface area contributed by atoms with Gasteiger partial charge < -0.3 is 10.6 Å². The molecule has 3 amide bonds. The first kappa shape index (κ1) is 21.7. The summed E-state index contributed by atoms with van der Waals surface area (Å²) in [5, 5.41) is 6.04. The molecule has 0 aliphatic heterocycles. The number of hydrogen-bond donors (Lipinski definition) is 3. The highest BCUT2D eigenvalue weighted by Crippen LogP contribution is 2.22. The number of nitrogens with one attached hydrogen (secondary N) is 2. The number of nitrogens with zero attached hydrogens (tertiary/aromatic N) is 1. The average Bonchev–Trinajstić information content (AvgIpc) is 2.74. The summed E-state index contributed by atoms with van der Waals surface area (Å²) in [6.07, 6.45) is 0.